The van der Waals surface area contributed by atoms with E-state index in [1.54, 1.807) is 49.7 Å². The van der Waals surface area contributed by atoms with Gasteiger partial charge < -0.3 is 4.74 Å². The zero-order chi connectivity index (χ0) is 21.7. The quantitative estimate of drug-likeness (QED) is 0.350. The van der Waals surface area contributed by atoms with Crippen LogP contribution in [0.15, 0.2) is 88.9 Å². The number of hydrogen-bond acceptors (Lipinski definition) is 7. The van der Waals surface area contributed by atoms with Crippen molar-refractivity contribution >= 4 is 32.9 Å². The number of benzene rings is 3. The Hall–Kier alpha value is -3.78. The lowest BCUT2D eigenvalue weighted by Crippen LogP contribution is -2.10. The van der Waals surface area contributed by atoms with Crippen molar-refractivity contribution in [1.29, 1.82) is 0 Å². The molecule has 156 valence electrons. The van der Waals surface area contributed by atoms with Gasteiger partial charge >= 0.3 is 0 Å². The molecule has 0 aliphatic rings. The van der Waals surface area contributed by atoms with Gasteiger partial charge in [0.1, 0.15) is 17.2 Å². The van der Waals surface area contributed by atoms with Gasteiger partial charge in [0, 0.05) is 0 Å². The zero-order valence-electron chi connectivity index (χ0n) is 16.8. The Balaban J connectivity index is 1.65. The third kappa shape index (κ3) is 4.87. The molecule has 0 saturated heterocycles. The first kappa shape index (κ1) is 20.5. The number of rotatable bonds is 7. The molecule has 0 atom stereocenters. The van der Waals surface area contributed by atoms with E-state index in [1.807, 2.05) is 42.5 Å². The largest absolute Gasteiger partial charge is 0.497 e. The van der Waals surface area contributed by atoms with Gasteiger partial charge in [0.05, 0.1) is 29.3 Å². The van der Waals surface area contributed by atoms with Gasteiger partial charge in [-0.05, 0) is 54.1 Å². The van der Waals surface area contributed by atoms with E-state index in [0.717, 1.165) is 11.3 Å². The summed E-state index contributed by atoms with van der Waals surface area (Å²) in [5.41, 5.74) is 5.26. The first-order valence-corrected chi connectivity index (χ1v) is 11.2. The lowest BCUT2D eigenvalue weighted by Gasteiger charge is -2.10. The Morgan fingerprint density at radius 2 is 1.55 bits per heavy atom. The molecule has 1 N–H and O–H groups in total. The van der Waals surface area contributed by atoms with Crippen LogP contribution < -0.4 is 10.2 Å². The standard InChI is InChI=1S/C23H20N4O3S/c1-30-18-13-11-17(12-14-18)15-24-27-23-22(25-20-9-5-6-10-21(20)26-23)16-31(28,29)19-7-3-2-4-8-19/h2-15H,16H2,1H3,(H,26,27)/b24-15+. The molecule has 3 aromatic carbocycles. The number of para-hydroxylation sites is 2. The molecule has 0 radical (unpaired) electrons. The van der Waals surface area contributed by atoms with Crippen molar-refractivity contribution in [3.8, 4) is 5.75 Å². The molecular weight excluding hydrogens is 412 g/mol. The normalized spacial score (nSPS) is 11.6. The molecule has 0 spiro atoms. The van der Waals surface area contributed by atoms with Crippen molar-refractivity contribution in [3.63, 3.8) is 0 Å². The zero-order valence-corrected chi connectivity index (χ0v) is 17.6. The summed E-state index contributed by atoms with van der Waals surface area (Å²) in [4.78, 5) is 9.31. The lowest BCUT2D eigenvalue weighted by molar-refractivity contribution is 0.415. The Morgan fingerprint density at radius 3 is 2.23 bits per heavy atom. The SMILES string of the molecule is COc1ccc(/C=N/Nc2nc3ccccc3nc2CS(=O)(=O)c2ccccc2)cc1. The third-order valence-electron chi connectivity index (χ3n) is 4.57. The van der Waals surface area contributed by atoms with Crippen LogP contribution in [0, 0.1) is 0 Å². The molecule has 4 rings (SSSR count). The summed E-state index contributed by atoms with van der Waals surface area (Å²) in [5.74, 6) is 0.747. The fraction of sp³-hybridized carbons (Fsp3) is 0.0870. The highest BCUT2D eigenvalue weighted by molar-refractivity contribution is 7.90. The highest BCUT2D eigenvalue weighted by atomic mass is 32.2. The van der Waals surface area contributed by atoms with Crippen LogP contribution in [0.25, 0.3) is 11.0 Å². The molecule has 0 saturated carbocycles. The van der Waals surface area contributed by atoms with Gasteiger partial charge in [-0.25, -0.2) is 18.4 Å². The van der Waals surface area contributed by atoms with E-state index in [2.05, 4.69) is 20.5 Å². The number of nitrogens with zero attached hydrogens (tertiary/aromatic N) is 3. The van der Waals surface area contributed by atoms with E-state index < -0.39 is 9.84 Å². The second-order valence-corrected chi connectivity index (χ2v) is 8.71. The smallest absolute Gasteiger partial charge is 0.184 e. The molecule has 0 aliphatic carbocycles. The van der Waals surface area contributed by atoms with Crippen molar-refractivity contribution in [1.82, 2.24) is 9.97 Å². The first-order chi connectivity index (χ1) is 15.0. The molecule has 0 unspecified atom stereocenters. The molecule has 4 aromatic rings. The first-order valence-electron chi connectivity index (χ1n) is 9.52. The van der Waals surface area contributed by atoms with Gasteiger partial charge in [0.2, 0.25) is 0 Å². The minimum Gasteiger partial charge on any atom is -0.497 e. The number of sulfone groups is 1. The predicted molar refractivity (Wildman–Crippen MR) is 121 cm³/mol. The van der Waals surface area contributed by atoms with Crippen LogP contribution in [-0.4, -0.2) is 31.7 Å². The monoisotopic (exact) mass is 432 g/mol. The summed E-state index contributed by atoms with van der Waals surface area (Å²) >= 11 is 0. The summed E-state index contributed by atoms with van der Waals surface area (Å²) in [6.07, 6.45) is 1.62. The van der Waals surface area contributed by atoms with E-state index in [-0.39, 0.29) is 10.6 Å². The van der Waals surface area contributed by atoms with E-state index in [9.17, 15) is 8.42 Å². The fourth-order valence-corrected chi connectivity index (χ4v) is 4.28. The predicted octanol–water partition coefficient (Wildman–Crippen LogP) is 4.06. The van der Waals surface area contributed by atoms with E-state index in [0.29, 0.717) is 22.5 Å². The number of hydrazone groups is 1. The summed E-state index contributed by atoms with van der Waals surface area (Å²) in [6, 6.07) is 23.0. The number of ether oxygens (including phenoxy) is 1. The van der Waals surface area contributed by atoms with Crippen molar-refractivity contribution < 1.29 is 13.2 Å². The van der Waals surface area contributed by atoms with E-state index >= 15 is 0 Å². The third-order valence-corrected chi connectivity index (χ3v) is 6.22. The van der Waals surface area contributed by atoms with E-state index in [1.165, 1.54) is 0 Å². The van der Waals surface area contributed by atoms with Crippen LogP contribution in [0.4, 0.5) is 5.82 Å². The van der Waals surface area contributed by atoms with Crippen LogP contribution in [0.1, 0.15) is 11.3 Å². The maximum atomic E-state index is 12.9. The van der Waals surface area contributed by atoms with Gasteiger partial charge in [-0.2, -0.15) is 5.10 Å². The van der Waals surface area contributed by atoms with Crippen LogP contribution in [0.3, 0.4) is 0 Å². The lowest BCUT2D eigenvalue weighted by atomic mass is 10.2. The number of fused-ring (bicyclic) bond motifs is 1. The molecular formula is C23H20N4O3S. The molecule has 0 fully saturated rings. The molecule has 0 bridgehead atoms. The Labute approximate surface area is 180 Å². The maximum absolute atomic E-state index is 12.9. The second-order valence-electron chi connectivity index (χ2n) is 6.72. The summed E-state index contributed by atoms with van der Waals surface area (Å²) < 4.78 is 30.9. The number of hydrogen-bond donors (Lipinski definition) is 1. The average molecular weight is 433 g/mol. The maximum Gasteiger partial charge on any atom is 0.184 e. The minimum absolute atomic E-state index is 0.234. The van der Waals surface area contributed by atoms with Crippen LogP contribution in [0.5, 0.6) is 5.75 Å². The minimum atomic E-state index is -3.60. The van der Waals surface area contributed by atoms with Gasteiger partial charge in [-0.15, -0.1) is 0 Å². The number of nitrogens with one attached hydrogen (secondary N) is 1. The number of methoxy groups -OCH3 is 1. The molecule has 0 amide bonds. The second kappa shape index (κ2) is 8.93. The van der Waals surface area contributed by atoms with Crippen molar-refractivity contribution in [2.24, 2.45) is 5.10 Å². The number of anilines is 1. The summed E-state index contributed by atoms with van der Waals surface area (Å²) in [6.45, 7) is 0. The molecule has 1 heterocycles. The average Bonchev–Trinajstić information content (AvgIpc) is 2.80. The number of aromatic nitrogens is 2. The highest BCUT2D eigenvalue weighted by Gasteiger charge is 2.20. The van der Waals surface area contributed by atoms with Crippen molar-refractivity contribution in [2.75, 3.05) is 12.5 Å². The van der Waals surface area contributed by atoms with Gasteiger partial charge in [0.25, 0.3) is 0 Å². The van der Waals surface area contributed by atoms with Crippen LogP contribution in [0.2, 0.25) is 0 Å². The Kier molecular flexibility index (Phi) is 5.90. The Morgan fingerprint density at radius 1 is 0.903 bits per heavy atom. The molecule has 31 heavy (non-hydrogen) atoms. The molecule has 0 aliphatic heterocycles. The van der Waals surface area contributed by atoms with Gasteiger partial charge in [-0.3, -0.25) is 5.43 Å². The summed E-state index contributed by atoms with van der Waals surface area (Å²) in [7, 11) is -1.99. The highest BCUT2D eigenvalue weighted by Crippen LogP contribution is 2.22. The van der Waals surface area contributed by atoms with Crippen molar-refractivity contribution in [3.05, 3.63) is 90.1 Å². The van der Waals surface area contributed by atoms with Gasteiger partial charge in [0.15, 0.2) is 15.7 Å². The molecule has 1 aromatic heterocycles. The molecule has 8 heteroatoms. The van der Waals surface area contributed by atoms with Crippen molar-refractivity contribution in [2.45, 2.75) is 10.6 Å². The molecule has 7 nitrogen and oxygen atoms in total. The topological polar surface area (TPSA) is 93.5 Å². The Bertz CT molecular complexity index is 1320. The van der Waals surface area contributed by atoms with Crippen LogP contribution in [-0.2, 0) is 15.6 Å². The van der Waals surface area contributed by atoms with E-state index in [4.69, 9.17) is 4.74 Å². The summed E-state index contributed by atoms with van der Waals surface area (Å²) in [5, 5.41) is 4.22. The fourth-order valence-electron chi connectivity index (χ4n) is 2.98. The van der Waals surface area contributed by atoms with Crippen LogP contribution >= 0.6 is 0 Å². The van der Waals surface area contributed by atoms with Gasteiger partial charge in [-0.1, -0.05) is 30.3 Å².